The lowest BCUT2D eigenvalue weighted by atomic mass is 10.0. The van der Waals surface area contributed by atoms with E-state index in [4.69, 9.17) is 4.74 Å². The summed E-state index contributed by atoms with van der Waals surface area (Å²) in [6.45, 7) is 2.35. The largest absolute Gasteiger partial charge is 0.488 e. The van der Waals surface area contributed by atoms with Crippen molar-refractivity contribution >= 4 is 5.91 Å². The Hall–Kier alpha value is -2.33. The third kappa shape index (κ3) is 3.95. The molecule has 126 valence electrons. The Morgan fingerprint density at radius 2 is 1.92 bits per heavy atom. The number of hydrogen-bond acceptors (Lipinski definition) is 3. The number of nitrogens with one attached hydrogen (secondary N) is 1. The number of carbonyl (C=O) groups is 1. The lowest BCUT2D eigenvalue weighted by Crippen LogP contribution is -2.46. The van der Waals surface area contributed by atoms with Gasteiger partial charge in [-0.1, -0.05) is 42.5 Å². The molecule has 1 fully saturated rings. The second-order valence-corrected chi connectivity index (χ2v) is 6.19. The van der Waals surface area contributed by atoms with Crippen LogP contribution in [-0.4, -0.2) is 37.0 Å². The molecule has 1 aliphatic rings. The molecule has 1 N–H and O–H groups in total. The van der Waals surface area contributed by atoms with Crippen LogP contribution in [0.3, 0.4) is 0 Å². The van der Waals surface area contributed by atoms with E-state index in [0.717, 1.165) is 31.5 Å². The van der Waals surface area contributed by atoms with Crippen LogP contribution in [-0.2, 0) is 6.61 Å². The first kappa shape index (κ1) is 16.5. The monoisotopic (exact) mass is 324 g/mol. The van der Waals surface area contributed by atoms with Crippen LogP contribution in [0.2, 0.25) is 0 Å². The highest BCUT2D eigenvalue weighted by Crippen LogP contribution is 2.22. The van der Waals surface area contributed by atoms with Crippen LogP contribution in [0, 0.1) is 0 Å². The first-order valence-electron chi connectivity index (χ1n) is 8.49. The molecule has 0 radical (unpaired) electrons. The number of ether oxygens (including phenoxy) is 1. The van der Waals surface area contributed by atoms with Crippen LogP contribution >= 0.6 is 0 Å². The molecular formula is C20H24N2O2. The topological polar surface area (TPSA) is 41.6 Å². The molecule has 24 heavy (non-hydrogen) atoms. The Labute approximate surface area is 143 Å². The number of benzene rings is 2. The highest BCUT2D eigenvalue weighted by atomic mass is 16.5. The van der Waals surface area contributed by atoms with E-state index in [-0.39, 0.29) is 11.9 Å². The van der Waals surface area contributed by atoms with Crippen molar-refractivity contribution < 1.29 is 9.53 Å². The van der Waals surface area contributed by atoms with E-state index < -0.39 is 0 Å². The molecule has 0 spiro atoms. The van der Waals surface area contributed by atoms with Crippen molar-refractivity contribution in [2.24, 2.45) is 0 Å². The lowest BCUT2D eigenvalue weighted by Gasteiger charge is -2.32. The van der Waals surface area contributed by atoms with Crippen molar-refractivity contribution in [3.8, 4) is 5.75 Å². The number of piperidine rings is 1. The Bertz CT molecular complexity index is 666. The standard InChI is InChI=1S/C20H24N2O2/c1-22(17-10-7-13-21-14-17)20(23)18-11-5-6-12-19(18)24-15-16-8-3-2-4-9-16/h2-6,8-9,11-12,17,21H,7,10,13-15H2,1H3/t17-/m0/s1. The van der Waals surface area contributed by atoms with Crippen molar-refractivity contribution in [3.63, 3.8) is 0 Å². The van der Waals surface area contributed by atoms with Gasteiger partial charge < -0.3 is 15.0 Å². The van der Waals surface area contributed by atoms with Gasteiger partial charge in [-0.05, 0) is 37.1 Å². The Balaban J connectivity index is 1.71. The number of para-hydroxylation sites is 1. The second kappa shape index (κ2) is 7.97. The first-order chi connectivity index (χ1) is 11.8. The second-order valence-electron chi connectivity index (χ2n) is 6.19. The molecule has 0 unspecified atom stereocenters. The molecule has 4 heteroatoms. The zero-order valence-electron chi connectivity index (χ0n) is 14.1. The van der Waals surface area contributed by atoms with Gasteiger partial charge >= 0.3 is 0 Å². The summed E-state index contributed by atoms with van der Waals surface area (Å²) in [5, 5.41) is 3.36. The SMILES string of the molecule is CN(C(=O)c1ccccc1OCc1ccccc1)[C@H]1CCCNC1. The summed E-state index contributed by atoms with van der Waals surface area (Å²) in [6.07, 6.45) is 2.15. The van der Waals surface area contributed by atoms with Crippen LogP contribution in [0.5, 0.6) is 5.75 Å². The molecule has 4 nitrogen and oxygen atoms in total. The van der Waals surface area contributed by atoms with Crippen molar-refractivity contribution in [3.05, 3.63) is 65.7 Å². The Morgan fingerprint density at radius 3 is 2.67 bits per heavy atom. The molecule has 3 rings (SSSR count). The zero-order chi connectivity index (χ0) is 16.8. The third-order valence-electron chi connectivity index (χ3n) is 4.49. The number of nitrogens with zero attached hydrogens (tertiary/aromatic N) is 1. The van der Waals surface area contributed by atoms with E-state index in [2.05, 4.69) is 5.32 Å². The lowest BCUT2D eigenvalue weighted by molar-refractivity contribution is 0.0703. The maximum absolute atomic E-state index is 12.9. The van der Waals surface area contributed by atoms with Gasteiger partial charge in [0.15, 0.2) is 0 Å². The third-order valence-corrected chi connectivity index (χ3v) is 4.49. The number of hydrogen-bond donors (Lipinski definition) is 1. The van der Waals surface area contributed by atoms with Crippen molar-refractivity contribution in [1.82, 2.24) is 10.2 Å². The number of carbonyl (C=O) groups excluding carboxylic acids is 1. The molecule has 1 atom stereocenters. The summed E-state index contributed by atoms with van der Waals surface area (Å²) < 4.78 is 5.92. The van der Waals surface area contributed by atoms with Crippen LogP contribution in [0.4, 0.5) is 0 Å². The van der Waals surface area contributed by atoms with Gasteiger partial charge in [0.2, 0.25) is 0 Å². The van der Waals surface area contributed by atoms with Gasteiger partial charge in [0.1, 0.15) is 12.4 Å². The molecule has 0 aromatic heterocycles. The van der Waals surface area contributed by atoms with Crippen LogP contribution in [0.15, 0.2) is 54.6 Å². The normalized spacial score (nSPS) is 17.3. The van der Waals surface area contributed by atoms with Crippen LogP contribution < -0.4 is 10.1 Å². The van der Waals surface area contributed by atoms with Gasteiger partial charge in [-0.2, -0.15) is 0 Å². The van der Waals surface area contributed by atoms with Gasteiger partial charge in [0.25, 0.3) is 5.91 Å². The van der Waals surface area contributed by atoms with E-state index in [1.165, 1.54) is 0 Å². The molecule has 1 saturated heterocycles. The summed E-state index contributed by atoms with van der Waals surface area (Å²) in [5.41, 5.74) is 1.71. The maximum atomic E-state index is 12.9. The van der Waals surface area contributed by atoms with E-state index in [1.54, 1.807) is 0 Å². The molecular weight excluding hydrogens is 300 g/mol. The smallest absolute Gasteiger partial charge is 0.257 e. The molecule has 1 heterocycles. The summed E-state index contributed by atoms with van der Waals surface area (Å²) in [5.74, 6) is 0.661. The van der Waals surface area contributed by atoms with Gasteiger partial charge in [-0.25, -0.2) is 0 Å². The summed E-state index contributed by atoms with van der Waals surface area (Å²) >= 11 is 0. The molecule has 2 aromatic carbocycles. The predicted octanol–water partition coefficient (Wildman–Crippen LogP) is 3.09. The zero-order valence-corrected chi connectivity index (χ0v) is 14.1. The molecule has 0 saturated carbocycles. The highest BCUT2D eigenvalue weighted by molar-refractivity contribution is 5.97. The van der Waals surface area contributed by atoms with E-state index in [9.17, 15) is 4.79 Å². The molecule has 0 bridgehead atoms. The van der Waals surface area contributed by atoms with Crippen LogP contribution in [0.25, 0.3) is 0 Å². The number of rotatable bonds is 5. The summed E-state index contributed by atoms with van der Waals surface area (Å²) in [4.78, 5) is 14.7. The van der Waals surface area contributed by atoms with Crippen molar-refractivity contribution in [2.75, 3.05) is 20.1 Å². The molecule has 1 aliphatic heterocycles. The minimum atomic E-state index is 0.0207. The number of likely N-dealkylation sites (N-methyl/N-ethyl adjacent to an activating group) is 1. The van der Waals surface area contributed by atoms with Gasteiger partial charge in [0.05, 0.1) is 5.56 Å². The van der Waals surface area contributed by atoms with Crippen molar-refractivity contribution in [1.29, 1.82) is 0 Å². The predicted molar refractivity (Wildman–Crippen MR) is 95.2 cm³/mol. The fraction of sp³-hybridized carbons (Fsp3) is 0.350. The fourth-order valence-corrected chi connectivity index (χ4v) is 3.02. The fourth-order valence-electron chi connectivity index (χ4n) is 3.02. The summed E-state index contributed by atoms with van der Waals surface area (Å²) in [6, 6.07) is 17.7. The Kier molecular flexibility index (Phi) is 5.49. The van der Waals surface area contributed by atoms with Gasteiger partial charge in [0, 0.05) is 19.6 Å². The number of amides is 1. The maximum Gasteiger partial charge on any atom is 0.257 e. The van der Waals surface area contributed by atoms with Gasteiger partial charge in [-0.3, -0.25) is 4.79 Å². The van der Waals surface area contributed by atoms with E-state index in [1.807, 2.05) is 66.5 Å². The minimum Gasteiger partial charge on any atom is -0.488 e. The van der Waals surface area contributed by atoms with E-state index in [0.29, 0.717) is 17.9 Å². The van der Waals surface area contributed by atoms with Crippen molar-refractivity contribution in [2.45, 2.75) is 25.5 Å². The Morgan fingerprint density at radius 1 is 1.17 bits per heavy atom. The molecule has 1 amide bonds. The molecule has 0 aliphatic carbocycles. The highest BCUT2D eigenvalue weighted by Gasteiger charge is 2.24. The first-order valence-corrected chi connectivity index (χ1v) is 8.49. The van der Waals surface area contributed by atoms with E-state index >= 15 is 0 Å². The average molecular weight is 324 g/mol. The van der Waals surface area contributed by atoms with Crippen LogP contribution in [0.1, 0.15) is 28.8 Å². The average Bonchev–Trinajstić information content (AvgIpc) is 2.67. The minimum absolute atomic E-state index is 0.0207. The molecule has 2 aromatic rings. The van der Waals surface area contributed by atoms with Gasteiger partial charge in [-0.15, -0.1) is 0 Å². The quantitative estimate of drug-likeness (QED) is 0.919. The summed E-state index contributed by atoms with van der Waals surface area (Å²) in [7, 11) is 1.88.